The molecule has 3 aromatic rings. The van der Waals surface area contributed by atoms with Crippen LogP contribution in [0.1, 0.15) is 35.6 Å². The van der Waals surface area contributed by atoms with Crippen molar-refractivity contribution >= 4 is 5.82 Å². The number of pyridine rings is 2. The second-order valence-corrected chi connectivity index (χ2v) is 7.44. The van der Waals surface area contributed by atoms with Crippen LogP contribution in [0.5, 0.6) is 0 Å². The zero-order valence-electron chi connectivity index (χ0n) is 15.8. The zero-order chi connectivity index (χ0) is 18.6. The van der Waals surface area contributed by atoms with E-state index in [-0.39, 0.29) is 0 Å². The van der Waals surface area contributed by atoms with Crippen molar-refractivity contribution in [2.24, 2.45) is 0 Å². The van der Waals surface area contributed by atoms with Crippen LogP contribution in [0.2, 0.25) is 0 Å². The van der Waals surface area contributed by atoms with Gasteiger partial charge in [-0.05, 0) is 55.6 Å². The Labute approximate surface area is 161 Å². The summed E-state index contributed by atoms with van der Waals surface area (Å²) in [7, 11) is 0. The maximum absolute atomic E-state index is 5.67. The van der Waals surface area contributed by atoms with Crippen molar-refractivity contribution in [1.29, 1.82) is 0 Å². The van der Waals surface area contributed by atoms with Crippen molar-refractivity contribution in [2.75, 3.05) is 18.8 Å². The highest BCUT2D eigenvalue weighted by molar-refractivity contribution is 5.62. The number of anilines is 1. The summed E-state index contributed by atoms with van der Waals surface area (Å²) in [5.41, 5.74) is 11.8. The molecule has 4 heteroatoms. The molecule has 1 aromatic carbocycles. The first-order valence-corrected chi connectivity index (χ1v) is 9.64. The van der Waals surface area contributed by atoms with Gasteiger partial charge in [-0.1, -0.05) is 30.3 Å². The molecule has 4 rings (SSSR count). The fraction of sp³-hybridized carbons (Fsp3) is 0.304. The lowest BCUT2D eigenvalue weighted by Gasteiger charge is -2.32. The lowest BCUT2D eigenvalue weighted by molar-refractivity contribution is 0.198. The Balaban J connectivity index is 1.45. The molecule has 0 radical (unpaired) electrons. The van der Waals surface area contributed by atoms with Crippen LogP contribution in [0.25, 0.3) is 11.1 Å². The van der Waals surface area contributed by atoms with Crippen LogP contribution in [-0.4, -0.2) is 28.0 Å². The van der Waals surface area contributed by atoms with E-state index in [0.717, 1.165) is 24.2 Å². The summed E-state index contributed by atoms with van der Waals surface area (Å²) in [6.45, 7) is 5.46. The summed E-state index contributed by atoms with van der Waals surface area (Å²) in [5, 5.41) is 0. The van der Waals surface area contributed by atoms with E-state index in [9.17, 15) is 0 Å². The van der Waals surface area contributed by atoms with E-state index in [1.165, 1.54) is 36.2 Å². The van der Waals surface area contributed by atoms with Crippen LogP contribution in [0, 0.1) is 6.92 Å². The third kappa shape index (κ3) is 4.17. The first-order chi connectivity index (χ1) is 13.2. The second kappa shape index (κ2) is 7.89. The highest BCUT2D eigenvalue weighted by atomic mass is 15.1. The minimum atomic E-state index is 0.501. The van der Waals surface area contributed by atoms with Crippen LogP contribution in [0.4, 0.5) is 5.82 Å². The number of rotatable bonds is 4. The van der Waals surface area contributed by atoms with Crippen molar-refractivity contribution in [1.82, 2.24) is 14.9 Å². The highest BCUT2D eigenvalue weighted by Crippen LogP contribution is 2.28. The molecule has 4 nitrogen and oxygen atoms in total. The minimum absolute atomic E-state index is 0.501. The molecule has 1 fully saturated rings. The monoisotopic (exact) mass is 358 g/mol. The number of benzene rings is 1. The van der Waals surface area contributed by atoms with Crippen LogP contribution in [0.15, 0.2) is 60.9 Å². The summed E-state index contributed by atoms with van der Waals surface area (Å²) in [6.07, 6.45) is 6.20. The molecular weight excluding hydrogens is 332 g/mol. The van der Waals surface area contributed by atoms with Crippen molar-refractivity contribution < 1.29 is 0 Å². The van der Waals surface area contributed by atoms with Crippen LogP contribution in [-0.2, 0) is 6.54 Å². The normalized spacial score (nSPS) is 17.7. The molecule has 1 saturated heterocycles. The van der Waals surface area contributed by atoms with Gasteiger partial charge in [0.15, 0.2) is 0 Å². The predicted octanol–water partition coefficient (Wildman–Crippen LogP) is 4.41. The topological polar surface area (TPSA) is 55.0 Å². The zero-order valence-corrected chi connectivity index (χ0v) is 15.8. The van der Waals surface area contributed by atoms with E-state index in [1.807, 2.05) is 18.3 Å². The average Bonchev–Trinajstić information content (AvgIpc) is 2.71. The molecule has 0 amide bonds. The van der Waals surface area contributed by atoms with Gasteiger partial charge in [-0.3, -0.25) is 9.88 Å². The Morgan fingerprint density at radius 3 is 2.48 bits per heavy atom. The number of aryl methyl sites for hydroxylation is 1. The van der Waals surface area contributed by atoms with Crippen molar-refractivity contribution in [3.05, 3.63) is 77.7 Å². The number of nitrogen functional groups attached to an aromatic ring is 1. The van der Waals surface area contributed by atoms with Crippen molar-refractivity contribution in [2.45, 2.75) is 32.2 Å². The molecule has 0 bridgehead atoms. The first-order valence-electron chi connectivity index (χ1n) is 9.64. The SMILES string of the molecule is Cc1ccccc1CN1CCC[C@H](c2ccc(-c3ccc(N)nc3)cn2)C1. The Hall–Kier alpha value is -2.72. The quantitative estimate of drug-likeness (QED) is 0.750. The minimum Gasteiger partial charge on any atom is -0.384 e. The van der Waals surface area contributed by atoms with Gasteiger partial charge in [-0.25, -0.2) is 4.98 Å². The highest BCUT2D eigenvalue weighted by Gasteiger charge is 2.22. The third-order valence-electron chi connectivity index (χ3n) is 5.49. The molecule has 0 saturated carbocycles. The van der Waals surface area contributed by atoms with E-state index >= 15 is 0 Å². The molecule has 27 heavy (non-hydrogen) atoms. The Bertz CT molecular complexity index is 887. The van der Waals surface area contributed by atoms with Gasteiger partial charge in [-0.2, -0.15) is 0 Å². The number of piperidine rings is 1. The summed E-state index contributed by atoms with van der Waals surface area (Å²) in [6, 6.07) is 16.8. The van der Waals surface area contributed by atoms with Gasteiger partial charge in [0.2, 0.25) is 0 Å². The molecule has 138 valence electrons. The first kappa shape index (κ1) is 17.7. The summed E-state index contributed by atoms with van der Waals surface area (Å²) >= 11 is 0. The maximum atomic E-state index is 5.67. The Kier molecular flexibility index (Phi) is 5.16. The molecule has 2 aromatic heterocycles. The molecule has 0 unspecified atom stereocenters. The van der Waals surface area contributed by atoms with Gasteiger partial charge in [0.1, 0.15) is 5.82 Å². The maximum Gasteiger partial charge on any atom is 0.123 e. The molecule has 0 aliphatic carbocycles. The molecule has 3 heterocycles. The van der Waals surface area contributed by atoms with Gasteiger partial charge in [-0.15, -0.1) is 0 Å². The summed E-state index contributed by atoms with van der Waals surface area (Å²) in [4.78, 5) is 11.5. The van der Waals surface area contributed by atoms with Crippen LogP contribution in [0.3, 0.4) is 0 Å². The molecular formula is C23H26N4. The lowest BCUT2D eigenvalue weighted by Crippen LogP contribution is -2.34. The molecule has 0 spiro atoms. The van der Waals surface area contributed by atoms with Gasteiger partial charge >= 0.3 is 0 Å². The fourth-order valence-corrected chi connectivity index (χ4v) is 3.86. The number of aromatic nitrogens is 2. The number of hydrogen-bond acceptors (Lipinski definition) is 4. The van der Waals surface area contributed by atoms with Gasteiger partial charge in [0.25, 0.3) is 0 Å². The average molecular weight is 358 g/mol. The van der Waals surface area contributed by atoms with Crippen molar-refractivity contribution in [3.8, 4) is 11.1 Å². The number of nitrogens with two attached hydrogens (primary N) is 1. The molecule has 1 atom stereocenters. The largest absolute Gasteiger partial charge is 0.384 e. The van der Waals surface area contributed by atoms with Gasteiger partial charge in [0.05, 0.1) is 0 Å². The van der Waals surface area contributed by atoms with E-state index in [2.05, 4.69) is 53.2 Å². The fourth-order valence-electron chi connectivity index (χ4n) is 3.86. The molecule has 1 aliphatic heterocycles. The lowest BCUT2D eigenvalue weighted by atomic mass is 9.93. The Morgan fingerprint density at radius 1 is 1.00 bits per heavy atom. The van der Waals surface area contributed by atoms with Crippen molar-refractivity contribution in [3.63, 3.8) is 0 Å². The summed E-state index contributed by atoms with van der Waals surface area (Å²) < 4.78 is 0. The van der Waals surface area contributed by atoms with E-state index in [1.54, 1.807) is 6.20 Å². The summed E-state index contributed by atoms with van der Waals surface area (Å²) in [5.74, 6) is 1.04. The standard InChI is InChI=1S/C23H26N4/c1-17-5-2-3-6-20(17)15-27-12-4-7-21(16-27)22-10-8-18(13-25-22)19-9-11-23(24)26-14-19/h2-3,5-6,8-11,13-14,21H,4,7,12,15-16H2,1H3,(H2,24,26)/t21-/m0/s1. The van der Waals surface area contributed by atoms with Gasteiger partial charge in [0, 0.05) is 48.2 Å². The number of nitrogens with zero attached hydrogens (tertiary/aromatic N) is 3. The van der Waals surface area contributed by atoms with E-state index < -0.39 is 0 Å². The molecule has 1 aliphatic rings. The van der Waals surface area contributed by atoms with E-state index in [0.29, 0.717) is 11.7 Å². The van der Waals surface area contributed by atoms with Crippen LogP contribution < -0.4 is 5.73 Å². The van der Waals surface area contributed by atoms with Gasteiger partial charge < -0.3 is 5.73 Å². The van der Waals surface area contributed by atoms with E-state index in [4.69, 9.17) is 10.7 Å². The third-order valence-corrected chi connectivity index (χ3v) is 5.49. The second-order valence-electron chi connectivity index (χ2n) is 7.44. The molecule has 2 N–H and O–H groups in total. The smallest absolute Gasteiger partial charge is 0.123 e. The van der Waals surface area contributed by atoms with Crippen LogP contribution >= 0.6 is 0 Å². The number of hydrogen-bond donors (Lipinski definition) is 1. The Morgan fingerprint density at radius 2 is 1.78 bits per heavy atom. The number of likely N-dealkylation sites (tertiary alicyclic amines) is 1. The predicted molar refractivity (Wildman–Crippen MR) is 110 cm³/mol.